The van der Waals surface area contributed by atoms with Gasteiger partial charge in [0.15, 0.2) is 18.4 Å². The number of rotatable bonds is 5. The number of aryl methyl sites for hydroxylation is 1. The first-order valence-corrected chi connectivity index (χ1v) is 10.7. The Morgan fingerprint density at radius 3 is 2.07 bits per heavy atom. The van der Waals surface area contributed by atoms with E-state index < -0.39 is 0 Å². The zero-order valence-corrected chi connectivity index (χ0v) is 18.5. The first-order valence-electron chi connectivity index (χ1n) is 10.7. The van der Waals surface area contributed by atoms with Crippen LogP contribution in [0.3, 0.4) is 0 Å². The van der Waals surface area contributed by atoms with Gasteiger partial charge in [0, 0.05) is 36.9 Å². The molecule has 0 saturated carbocycles. The summed E-state index contributed by atoms with van der Waals surface area (Å²) in [5.74, 6) is 0. The van der Waals surface area contributed by atoms with E-state index in [4.69, 9.17) is 0 Å². The quantitative estimate of drug-likeness (QED) is 0.487. The van der Waals surface area contributed by atoms with Crippen LogP contribution in [0.15, 0.2) is 96.8 Å². The second kappa shape index (κ2) is 8.31. The zero-order chi connectivity index (χ0) is 21.1. The first-order chi connectivity index (χ1) is 14.4. The van der Waals surface area contributed by atoms with Crippen LogP contribution in [0.25, 0.3) is 5.57 Å². The summed E-state index contributed by atoms with van der Waals surface area (Å²) in [6.07, 6.45) is 6.94. The van der Waals surface area contributed by atoms with E-state index in [0.29, 0.717) is 0 Å². The molecule has 152 valence electrons. The SMILES string of the molecule is CC1=CC(c2cc[n+](Cc3ccccc3)c(C)c2)=CC(C)(C)N1Cc1ccccc1. The highest BCUT2D eigenvalue weighted by Crippen LogP contribution is 2.34. The standard InChI is InChI=1S/C28H31N2/c1-22-17-26(15-16-29(22)20-24-11-7-5-8-12-24)27-18-23(2)30(28(3,4)19-27)21-25-13-9-6-10-14-25/h5-19H,20-21H2,1-4H3/q+1. The number of hydrogen-bond acceptors (Lipinski definition) is 1. The van der Waals surface area contributed by atoms with Gasteiger partial charge in [-0.2, -0.15) is 4.57 Å². The normalized spacial score (nSPS) is 15.5. The third kappa shape index (κ3) is 4.38. The van der Waals surface area contributed by atoms with Crippen molar-refractivity contribution in [1.82, 2.24) is 4.90 Å². The van der Waals surface area contributed by atoms with Crippen molar-refractivity contribution in [3.05, 3.63) is 119 Å². The van der Waals surface area contributed by atoms with Gasteiger partial charge in [0.2, 0.25) is 0 Å². The van der Waals surface area contributed by atoms with Crippen LogP contribution in [0.2, 0.25) is 0 Å². The third-order valence-electron chi connectivity index (χ3n) is 5.96. The minimum Gasteiger partial charge on any atom is -0.362 e. The molecule has 0 spiro atoms. The molecular weight excluding hydrogens is 364 g/mol. The Morgan fingerprint density at radius 1 is 0.833 bits per heavy atom. The smallest absolute Gasteiger partial charge is 0.179 e. The summed E-state index contributed by atoms with van der Waals surface area (Å²) in [6, 6.07) is 25.9. The highest BCUT2D eigenvalue weighted by Gasteiger charge is 2.29. The Hall–Kier alpha value is -3.13. The fraction of sp³-hybridized carbons (Fsp3) is 0.250. The van der Waals surface area contributed by atoms with Crippen molar-refractivity contribution >= 4 is 5.57 Å². The van der Waals surface area contributed by atoms with Crippen molar-refractivity contribution in [3.63, 3.8) is 0 Å². The number of aromatic nitrogens is 1. The van der Waals surface area contributed by atoms with Gasteiger partial charge in [0.1, 0.15) is 0 Å². The van der Waals surface area contributed by atoms with Crippen LogP contribution in [0.4, 0.5) is 0 Å². The van der Waals surface area contributed by atoms with Gasteiger partial charge in [-0.3, -0.25) is 0 Å². The molecule has 0 unspecified atom stereocenters. The lowest BCUT2D eigenvalue weighted by Gasteiger charge is -2.42. The van der Waals surface area contributed by atoms with Crippen molar-refractivity contribution in [2.24, 2.45) is 0 Å². The molecule has 2 heterocycles. The number of pyridine rings is 1. The molecule has 2 nitrogen and oxygen atoms in total. The molecule has 0 bridgehead atoms. The molecule has 0 atom stereocenters. The molecule has 4 rings (SSSR count). The minimum absolute atomic E-state index is 0.0479. The van der Waals surface area contributed by atoms with Crippen LogP contribution in [0.1, 0.15) is 43.2 Å². The van der Waals surface area contributed by atoms with Crippen molar-refractivity contribution in [2.45, 2.75) is 46.3 Å². The monoisotopic (exact) mass is 395 g/mol. The van der Waals surface area contributed by atoms with E-state index >= 15 is 0 Å². The van der Waals surface area contributed by atoms with E-state index in [1.54, 1.807) is 0 Å². The summed E-state index contributed by atoms with van der Waals surface area (Å²) in [6.45, 7) is 10.8. The van der Waals surface area contributed by atoms with Crippen molar-refractivity contribution in [1.29, 1.82) is 0 Å². The van der Waals surface area contributed by atoms with Crippen LogP contribution < -0.4 is 4.57 Å². The molecule has 0 radical (unpaired) electrons. The van der Waals surface area contributed by atoms with E-state index in [1.165, 1.54) is 33.7 Å². The highest BCUT2D eigenvalue weighted by atomic mass is 15.2. The second-order valence-corrected chi connectivity index (χ2v) is 8.78. The van der Waals surface area contributed by atoms with Crippen molar-refractivity contribution in [3.8, 4) is 0 Å². The predicted molar refractivity (Wildman–Crippen MR) is 125 cm³/mol. The van der Waals surface area contributed by atoms with Crippen LogP contribution in [0, 0.1) is 6.92 Å². The molecule has 30 heavy (non-hydrogen) atoms. The van der Waals surface area contributed by atoms with Crippen LogP contribution in [-0.4, -0.2) is 10.4 Å². The molecule has 1 aliphatic heterocycles. The summed E-state index contributed by atoms with van der Waals surface area (Å²) in [7, 11) is 0. The molecule has 3 aromatic rings. The summed E-state index contributed by atoms with van der Waals surface area (Å²) in [5, 5.41) is 0. The lowest BCUT2D eigenvalue weighted by molar-refractivity contribution is -0.694. The molecule has 0 amide bonds. The molecule has 0 fully saturated rings. The van der Waals surface area contributed by atoms with Gasteiger partial charge in [-0.05, 0) is 43.5 Å². The lowest BCUT2D eigenvalue weighted by atomic mass is 9.89. The van der Waals surface area contributed by atoms with Crippen LogP contribution >= 0.6 is 0 Å². The number of nitrogens with zero attached hydrogens (tertiary/aromatic N) is 2. The zero-order valence-electron chi connectivity index (χ0n) is 18.5. The van der Waals surface area contributed by atoms with Crippen molar-refractivity contribution in [2.75, 3.05) is 0 Å². The van der Waals surface area contributed by atoms with Gasteiger partial charge in [-0.15, -0.1) is 0 Å². The van der Waals surface area contributed by atoms with E-state index in [2.05, 4.69) is 128 Å². The Kier molecular flexibility index (Phi) is 5.59. The van der Waals surface area contributed by atoms with E-state index in [0.717, 1.165) is 13.1 Å². The molecule has 0 aliphatic carbocycles. The maximum Gasteiger partial charge on any atom is 0.179 e. The molecule has 2 heteroatoms. The third-order valence-corrected chi connectivity index (χ3v) is 5.96. The average Bonchev–Trinajstić information content (AvgIpc) is 2.73. The number of allylic oxidation sites excluding steroid dienone is 3. The summed E-state index contributed by atoms with van der Waals surface area (Å²) in [5.41, 5.74) is 7.78. The van der Waals surface area contributed by atoms with Gasteiger partial charge >= 0.3 is 0 Å². The Morgan fingerprint density at radius 2 is 1.47 bits per heavy atom. The van der Waals surface area contributed by atoms with Gasteiger partial charge in [-0.25, -0.2) is 0 Å². The molecule has 0 saturated heterocycles. The predicted octanol–water partition coefficient (Wildman–Crippen LogP) is 5.91. The maximum atomic E-state index is 2.48. The van der Waals surface area contributed by atoms with Gasteiger partial charge in [0.25, 0.3) is 0 Å². The Bertz CT molecular complexity index is 1080. The van der Waals surface area contributed by atoms with Gasteiger partial charge < -0.3 is 4.90 Å². The van der Waals surface area contributed by atoms with E-state index in [9.17, 15) is 0 Å². The second-order valence-electron chi connectivity index (χ2n) is 8.78. The molecular formula is C28H31N2+. The summed E-state index contributed by atoms with van der Waals surface area (Å²) < 4.78 is 2.31. The lowest BCUT2D eigenvalue weighted by Crippen LogP contribution is -2.42. The molecule has 1 aliphatic rings. The fourth-order valence-electron chi connectivity index (χ4n) is 4.30. The van der Waals surface area contributed by atoms with Crippen molar-refractivity contribution < 1.29 is 4.57 Å². The topological polar surface area (TPSA) is 7.12 Å². The van der Waals surface area contributed by atoms with Gasteiger partial charge in [0.05, 0.1) is 5.54 Å². The molecule has 2 aromatic carbocycles. The van der Waals surface area contributed by atoms with Crippen LogP contribution in [0.5, 0.6) is 0 Å². The Labute approximate surface area is 180 Å². The number of hydrogen-bond donors (Lipinski definition) is 0. The average molecular weight is 396 g/mol. The highest BCUT2D eigenvalue weighted by molar-refractivity contribution is 5.76. The van der Waals surface area contributed by atoms with Gasteiger partial charge in [-0.1, -0.05) is 66.7 Å². The van der Waals surface area contributed by atoms with E-state index in [-0.39, 0.29) is 5.54 Å². The minimum atomic E-state index is -0.0479. The summed E-state index contributed by atoms with van der Waals surface area (Å²) >= 11 is 0. The van der Waals surface area contributed by atoms with E-state index in [1.807, 2.05) is 0 Å². The fourth-order valence-corrected chi connectivity index (χ4v) is 4.30. The maximum absolute atomic E-state index is 2.48. The largest absolute Gasteiger partial charge is 0.362 e. The summed E-state index contributed by atoms with van der Waals surface area (Å²) in [4.78, 5) is 2.48. The molecule has 1 aromatic heterocycles. The first kappa shape index (κ1) is 20.2. The molecule has 0 N–H and O–H groups in total. The number of benzene rings is 2. The van der Waals surface area contributed by atoms with Crippen LogP contribution in [-0.2, 0) is 13.1 Å². The Balaban J connectivity index is 1.58.